The van der Waals surface area contributed by atoms with E-state index >= 15 is 0 Å². The fraction of sp³-hybridized carbons (Fsp3) is 0.154. The first-order valence-electron chi connectivity index (χ1n) is 11.0. The summed E-state index contributed by atoms with van der Waals surface area (Å²) >= 11 is 0. The monoisotopic (exact) mass is 473 g/mol. The zero-order chi connectivity index (χ0) is 24.0. The van der Waals surface area contributed by atoms with E-state index < -0.39 is 7.44 Å². The first-order chi connectivity index (χ1) is 16.3. The normalized spacial score (nSPS) is 17.3. The molecular formula is C26H25FN5OP. The minimum Gasteiger partial charge on any atom is -0.316 e. The quantitative estimate of drug-likeness (QED) is 0.376. The number of nitrogens with zero attached hydrogens (tertiary/aromatic N) is 4. The van der Waals surface area contributed by atoms with Crippen LogP contribution < -0.4 is 10.4 Å². The van der Waals surface area contributed by atoms with Gasteiger partial charge >= 0.3 is 0 Å². The van der Waals surface area contributed by atoms with E-state index in [0.29, 0.717) is 28.2 Å². The Balaban J connectivity index is 1.76. The van der Waals surface area contributed by atoms with Crippen molar-refractivity contribution in [3.63, 3.8) is 0 Å². The molecule has 34 heavy (non-hydrogen) atoms. The molecule has 0 fully saturated rings. The molecule has 0 saturated heterocycles. The average Bonchev–Trinajstić information content (AvgIpc) is 3.17. The number of para-hydroxylation sites is 1. The van der Waals surface area contributed by atoms with Crippen LogP contribution in [0.15, 0.2) is 77.8 Å². The van der Waals surface area contributed by atoms with E-state index in [1.165, 1.54) is 12.1 Å². The average molecular weight is 473 g/mol. The molecule has 0 bridgehead atoms. The van der Waals surface area contributed by atoms with E-state index in [1.807, 2.05) is 69.3 Å². The Morgan fingerprint density at radius 1 is 0.912 bits per heavy atom. The molecule has 0 amide bonds. The third kappa shape index (κ3) is 3.53. The molecule has 0 aliphatic carbocycles. The van der Waals surface area contributed by atoms with Crippen molar-refractivity contribution in [1.29, 1.82) is 0 Å². The van der Waals surface area contributed by atoms with Crippen LogP contribution in [0.25, 0.3) is 5.69 Å². The summed E-state index contributed by atoms with van der Waals surface area (Å²) < 4.78 is 32.0. The topological polar surface area (TPSA) is 62.5 Å². The van der Waals surface area contributed by atoms with Gasteiger partial charge < -0.3 is 5.09 Å². The Hall–Kier alpha value is -3.70. The molecule has 1 atom stereocenters. The van der Waals surface area contributed by atoms with Crippen LogP contribution in [-0.4, -0.2) is 27.3 Å². The predicted octanol–water partition coefficient (Wildman–Crippen LogP) is 5.89. The van der Waals surface area contributed by atoms with Crippen molar-refractivity contribution >= 4 is 30.1 Å². The van der Waals surface area contributed by atoms with Gasteiger partial charge in [0, 0.05) is 18.3 Å². The second-order valence-corrected chi connectivity index (χ2v) is 10.8. The van der Waals surface area contributed by atoms with Gasteiger partial charge in [0.25, 0.3) is 7.44 Å². The van der Waals surface area contributed by atoms with Gasteiger partial charge in [-0.25, -0.2) is 14.1 Å². The molecule has 1 aromatic heterocycles. The Kier molecular flexibility index (Phi) is 5.37. The molecule has 1 N–H and O–H groups in total. The summed E-state index contributed by atoms with van der Waals surface area (Å²) in [6.45, 7) is 5.88. The fourth-order valence-corrected chi connectivity index (χ4v) is 6.64. The summed E-state index contributed by atoms with van der Waals surface area (Å²) in [4.78, 5) is 4.91. The van der Waals surface area contributed by atoms with Crippen molar-refractivity contribution in [2.45, 2.75) is 20.8 Å². The third-order valence-electron chi connectivity index (χ3n) is 6.23. The molecule has 1 aliphatic heterocycles. The summed E-state index contributed by atoms with van der Waals surface area (Å²) in [7, 11) is -1.71. The Bertz CT molecular complexity index is 1460. The number of hydrogen-bond donors (Lipinski definition) is 1. The van der Waals surface area contributed by atoms with Crippen LogP contribution in [0.1, 0.15) is 22.4 Å². The summed E-state index contributed by atoms with van der Waals surface area (Å²) in [6, 6.07) is 21.6. The Morgan fingerprint density at radius 3 is 2.32 bits per heavy atom. The van der Waals surface area contributed by atoms with E-state index in [9.17, 15) is 8.96 Å². The van der Waals surface area contributed by atoms with Gasteiger partial charge in [0.05, 0.1) is 11.4 Å². The molecule has 4 aromatic rings. The highest BCUT2D eigenvalue weighted by molar-refractivity contribution is 7.72. The summed E-state index contributed by atoms with van der Waals surface area (Å²) in [5.74, 6) is 0.637. The molecule has 8 heteroatoms. The van der Waals surface area contributed by atoms with Crippen LogP contribution in [0.5, 0.6) is 0 Å². The maximum Gasteiger partial charge on any atom is 0.296 e. The van der Waals surface area contributed by atoms with Crippen LogP contribution in [0.3, 0.4) is 0 Å². The van der Waals surface area contributed by atoms with Crippen molar-refractivity contribution in [2.75, 3.05) is 12.1 Å². The summed E-state index contributed by atoms with van der Waals surface area (Å²) in [5.41, 5.74) is 5.02. The molecule has 0 spiro atoms. The lowest BCUT2D eigenvalue weighted by atomic mass is 10.1. The Labute approximate surface area is 198 Å². The van der Waals surface area contributed by atoms with Crippen LogP contribution >= 0.6 is 7.44 Å². The number of benzene rings is 3. The van der Waals surface area contributed by atoms with Gasteiger partial charge in [0.15, 0.2) is 5.82 Å². The number of aliphatic imine (C=N–C) groups is 1. The number of hydrogen-bond acceptors (Lipinski definition) is 3. The second-order valence-electron chi connectivity index (χ2n) is 8.41. The van der Waals surface area contributed by atoms with E-state index in [2.05, 4.69) is 5.09 Å². The summed E-state index contributed by atoms with van der Waals surface area (Å²) in [5, 5.41) is 8.65. The number of rotatable bonds is 4. The number of amidine groups is 1. The molecule has 1 unspecified atom stereocenters. The number of nitrogens with one attached hydrogen (secondary N) is 1. The highest BCUT2D eigenvalue weighted by Gasteiger charge is 2.43. The smallest absolute Gasteiger partial charge is 0.296 e. The molecule has 6 nitrogen and oxygen atoms in total. The van der Waals surface area contributed by atoms with Gasteiger partial charge in [-0.1, -0.05) is 30.3 Å². The van der Waals surface area contributed by atoms with Gasteiger partial charge in [0.1, 0.15) is 17.0 Å². The first-order valence-corrected chi connectivity index (χ1v) is 12.6. The lowest BCUT2D eigenvalue weighted by molar-refractivity contribution is 0.553. The van der Waals surface area contributed by atoms with Gasteiger partial charge in [-0.3, -0.25) is 9.24 Å². The number of halogens is 1. The van der Waals surface area contributed by atoms with Crippen molar-refractivity contribution < 1.29 is 8.96 Å². The van der Waals surface area contributed by atoms with Crippen LogP contribution in [0, 0.1) is 26.6 Å². The lowest BCUT2D eigenvalue weighted by Gasteiger charge is -2.35. The van der Waals surface area contributed by atoms with Gasteiger partial charge in [-0.05, 0) is 74.4 Å². The second kappa shape index (κ2) is 8.26. The van der Waals surface area contributed by atoms with Crippen molar-refractivity contribution in [2.24, 2.45) is 4.99 Å². The summed E-state index contributed by atoms with van der Waals surface area (Å²) in [6.07, 6.45) is 0. The van der Waals surface area contributed by atoms with E-state index in [-0.39, 0.29) is 5.82 Å². The van der Waals surface area contributed by atoms with E-state index in [0.717, 1.165) is 22.5 Å². The molecule has 0 radical (unpaired) electrons. The molecule has 0 saturated carbocycles. The molecule has 5 rings (SSSR count). The lowest BCUT2D eigenvalue weighted by Crippen LogP contribution is -2.36. The van der Waals surface area contributed by atoms with E-state index in [1.54, 1.807) is 28.5 Å². The van der Waals surface area contributed by atoms with Gasteiger partial charge in [0.2, 0.25) is 0 Å². The third-order valence-corrected chi connectivity index (χ3v) is 8.94. The molecule has 3 aromatic carbocycles. The number of anilines is 1. The van der Waals surface area contributed by atoms with E-state index in [4.69, 9.17) is 10.1 Å². The minimum absolute atomic E-state index is 0.342. The molecule has 2 heterocycles. The highest BCUT2D eigenvalue weighted by atomic mass is 31.2. The number of aryl methyl sites for hydroxylation is 2. The van der Waals surface area contributed by atoms with Crippen LogP contribution in [-0.2, 0) is 4.57 Å². The molecule has 172 valence electrons. The minimum atomic E-state index is -3.46. The zero-order valence-corrected chi connectivity index (χ0v) is 20.3. The zero-order valence-electron chi connectivity index (χ0n) is 19.5. The maximum absolute atomic E-state index is 14.9. The number of aromatic nitrogens is 2. The van der Waals surface area contributed by atoms with Crippen molar-refractivity contribution in [1.82, 2.24) is 14.5 Å². The first kappa shape index (κ1) is 22.1. The predicted molar refractivity (Wildman–Crippen MR) is 135 cm³/mol. The molecule has 1 aliphatic rings. The van der Waals surface area contributed by atoms with Gasteiger partial charge in [-0.15, -0.1) is 0 Å². The van der Waals surface area contributed by atoms with Crippen molar-refractivity contribution in [3.05, 3.63) is 101 Å². The Morgan fingerprint density at radius 2 is 1.62 bits per heavy atom. The van der Waals surface area contributed by atoms with Crippen molar-refractivity contribution in [3.8, 4) is 5.69 Å². The maximum atomic E-state index is 14.9. The SMILES string of the molecule is Cc1cccc(NP2(=O)c3c(C)nn(-c4ccccc4)c3N=C(c3ccc(F)cc3)N2C)c1C. The fourth-order valence-electron chi connectivity index (χ4n) is 4.18. The molecular weight excluding hydrogens is 448 g/mol. The van der Waals surface area contributed by atoms with Gasteiger partial charge in [-0.2, -0.15) is 5.10 Å². The standard InChI is InChI=1S/C26H25FN5OP/c1-17-9-8-12-23(18(17)2)30-34(33)24-19(3)29-32(22-10-6-5-7-11-22)26(24)28-25(31(34)4)20-13-15-21(27)16-14-20/h5-16H,1-4H3,(H,30,33). The highest BCUT2D eigenvalue weighted by Crippen LogP contribution is 2.54. The van der Waals surface area contributed by atoms with Crippen LogP contribution in [0.4, 0.5) is 15.9 Å². The van der Waals surface area contributed by atoms with Crippen LogP contribution in [0.2, 0.25) is 0 Å². The number of fused-ring (bicyclic) bond motifs is 1. The largest absolute Gasteiger partial charge is 0.316 e.